The van der Waals surface area contributed by atoms with E-state index < -0.39 is 10.0 Å². The van der Waals surface area contributed by atoms with Gasteiger partial charge in [0.15, 0.2) is 0 Å². The van der Waals surface area contributed by atoms with E-state index in [-0.39, 0.29) is 4.90 Å². The zero-order valence-corrected chi connectivity index (χ0v) is 13.4. The molecular formula is C14H19N3O3S. The number of ether oxygens (including phenoxy) is 1. The van der Waals surface area contributed by atoms with Gasteiger partial charge in [-0.25, -0.2) is 13.6 Å². The summed E-state index contributed by atoms with van der Waals surface area (Å²) in [5, 5.41) is 9.52. The fraction of sp³-hybridized carbons (Fsp3) is 0.357. The van der Waals surface area contributed by atoms with Gasteiger partial charge >= 0.3 is 0 Å². The summed E-state index contributed by atoms with van der Waals surface area (Å²) in [5.74, 6) is 0.741. The molecule has 0 spiro atoms. The largest absolute Gasteiger partial charge is 0.496 e. The van der Waals surface area contributed by atoms with Crippen LogP contribution >= 0.6 is 0 Å². The average Bonchev–Trinajstić information content (AvgIpc) is 2.64. The first-order valence-corrected chi connectivity index (χ1v) is 7.99. The van der Waals surface area contributed by atoms with Crippen LogP contribution in [0, 0.1) is 20.8 Å². The van der Waals surface area contributed by atoms with Gasteiger partial charge in [0.2, 0.25) is 10.0 Å². The fourth-order valence-corrected chi connectivity index (χ4v) is 3.41. The van der Waals surface area contributed by atoms with Gasteiger partial charge in [-0.3, -0.25) is 4.68 Å². The van der Waals surface area contributed by atoms with Gasteiger partial charge in [0, 0.05) is 5.56 Å². The Morgan fingerprint density at radius 3 is 2.48 bits per heavy atom. The highest BCUT2D eigenvalue weighted by atomic mass is 32.2. The number of nitrogens with zero attached hydrogens (tertiary/aromatic N) is 2. The Kier molecular flexibility index (Phi) is 4.06. The molecule has 1 aromatic heterocycles. The van der Waals surface area contributed by atoms with Gasteiger partial charge in [-0.05, 0) is 26.8 Å². The Morgan fingerprint density at radius 2 is 1.95 bits per heavy atom. The number of benzene rings is 1. The Balaban J connectivity index is 2.49. The van der Waals surface area contributed by atoms with Crippen molar-refractivity contribution in [1.29, 1.82) is 0 Å². The van der Waals surface area contributed by atoms with Crippen molar-refractivity contribution in [1.82, 2.24) is 9.78 Å². The minimum Gasteiger partial charge on any atom is -0.496 e. The summed E-state index contributed by atoms with van der Waals surface area (Å²) >= 11 is 0. The molecule has 1 heterocycles. The van der Waals surface area contributed by atoms with E-state index in [0.717, 1.165) is 16.9 Å². The van der Waals surface area contributed by atoms with Gasteiger partial charge in [-0.2, -0.15) is 5.10 Å². The van der Waals surface area contributed by atoms with Crippen LogP contribution in [-0.2, 0) is 16.6 Å². The highest BCUT2D eigenvalue weighted by Crippen LogP contribution is 2.23. The molecule has 6 nitrogen and oxygen atoms in total. The molecule has 0 fully saturated rings. The standard InChI is InChI=1S/C14H19N3O3S/c1-9-5-6-13(20-4)12(7-9)8-17-11(3)14(10(2)16-17)21(15,18)19/h5-7H,8H2,1-4H3,(H2,15,18,19). The van der Waals surface area contributed by atoms with Crippen molar-refractivity contribution in [3.8, 4) is 5.75 Å². The monoisotopic (exact) mass is 309 g/mol. The number of aryl methyl sites for hydroxylation is 2. The number of aromatic nitrogens is 2. The number of hydrogen-bond donors (Lipinski definition) is 1. The zero-order valence-electron chi connectivity index (χ0n) is 12.5. The topological polar surface area (TPSA) is 87.2 Å². The van der Waals surface area contributed by atoms with E-state index in [4.69, 9.17) is 9.88 Å². The van der Waals surface area contributed by atoms with Crippen LogP contribution in [0.5, 0.6) is 5.75 Å². The van der Waals surface area contributed by atoms with E-state index in [1.54, 1.807) is 25.6 Å². The second-order valence-electron chi connectivity index (χ2n) is 5.02. The minimum atomic E-state index is -3.77. The van der Waals surface area contributed by atoms with E-state index in [9.17, 15) is 8.42 Å². The third-order valence-electron chi connectivity index (χ3n) is 3.36. The van der Waals surface area contributed by atoms with Crippen molar-refractivity contribution < 1.29 is 13.2 Å². The number of methoxy groups -OCH3 is 1. The maximum Gasteiger partial charge on any atom is 0.241 e. The van der Waals surface area contributed by atoms with Crippen LogP contribution in [0.2, 0.25) is 0 Å². The lowest BCUT2D eigenvalue weighted by atomic mass is 10.1. The summed E-state index contributed by atoms with van der Waals surface area (Å²) in [6.07, 6.45) is 0. The van der Waals surface area contributed by atoms with E-state index in [0.29, 0.717) is 17.9 Å². The molecule has 2 aromatic rings. The fourth-order valence-electron chi connectivity index (χ4n) is 2.44. The molecule has 2 N–H and O–H groups in total. The Labute approximate surface area is 124 Å². The molecule has 0 atom stereocenters. The second-order valence-corrected chi connectivity index (χ2v) is 6.52. The SMILES string of the molecule is COc1ccc(C)cc1Cn1nc(C)c(S(N)(=O)=O)c1C. The summed E-state index contributed by atoms with van der Waals surface area (Å²) < 4.78 is 30.2. The summed E-state index contributed by atoms with van der Waals surface area (Å²) in [6, 6.07) is 5.84. The van der Waals surface area contributed by atoms with E-state index >= 15 is 0 Å². The van der Waals surface area contributed by atoms with Crippen LogP contribution in [-0.4, -0.2) is 25.3 Å². The third kappa shape index (κ3) is 3.08. The van der Waals surface area contributed by atoms with Crippen molar-refractivity contribution in [2.75, 3.05) is 7.11 Å². The summed E-state index contributed by atoms with van der Waals surface area (Å²) in [5.41, 5.74) is 2.96. The van der Waals surface area contributed by atoms with Crippen molar-refractivity contribution >= 4 is 10.0 Å². The molecule has 0 saturated heterocycles. The summed E-state index contributed by atoms with van der Waals surface area (Å²) in [6.45, 7) is 5.74. The molecule has 2 rings (SSSR count). The maximum atomic E-state index is 11.6. The van der Waals surface area contributed by atoms with Gasteiger partial charge in [-0.15, -0.1) is 0 Å². The van der Waals surface area contributed by atoms with E-state index in [1.807, 2.05) is 25.1 Å². The van der Waals surface area contributed by atoms with Gasteiger partial charge in [0.25, 0.3) is 0 Å². The van der Waals surface area contributed by atoms with Crippen LogP contribution < -0.4 is 9.88 Å². The molecule has 0 aliphatic rings. The van der Waals surface area contributed by atoms with Crippen LogP contribution in [0.4, 0.5) is 0 Å². The first kappa shape index (κ1) is 15.5. The predicted octanol–water partition coefficient (Wildman–Crippen LogP) is 1.51. The van der Waals surface area contributed by atoms with Crippen LogP contribution in [0.1, 0.15) is 22.5 Å². The third-order valence-corrected chi connectivity index (χ3v) is 4.52. The van der Waals surface area contributed by atoms with E-state index in [2.05, 4.69) is 5.10 Å². The number of rotatable bonds is 4. The normalized spacial score (nSPS) is 11.7. The lowest BCUT2D eigenvalue weighted by molar-refractivity contribution is 0.407. The minimum absolute atomic E-state index is 0.0918. The van der Waals surface area contributed by atoms with Crippen molar-refractivity contribution in [3.05, 3.63) is 40.7 Å². The Bertz CT molecular complexity index is 779. The lowest BCUT2D eigenvalue weighted by Gasteiger charge is -2.11. The quantitative estimate of drug-likeness (QED) is 0.927. The second kappa shape index (κ2) is 5.50. The predicted molar refractivity (Wildman–Crippen MR) is 79.9 cm³/mol. The Hall–Kier alpha value is -1.86. The van der Waals surface area contributed by atoms with Crippen molar-refractivity contribution in [2.45, 2.75) is 32.2 Å². The zero-order chi connectivity index (χ0) is 15.8. The Morgan fingerprint density at radius 1 is 1.29 bits per heavy atom. The molecule has 0 aliphatic heterocycles. The molecule has 0 saturated carbocycles. The van der Waals surface area contributed by atoms with Crippen LogP contribution in [0.25, 0.3) is 0 Å². The summed E-state index contributed by atoms with van der Waals surface area (Å²) in [4.78, 5) is 0.0918. The number of primary sulfonamides is 1. The molecule has 0 unspecified atom stereocenters. The maximum absolute atomic E-state index is 11.6. The number of nitrogens with two attached hydrogens (primary N) is 1. The molecular weight excluding hydrogens is 290 g/mol. The number of hydrogen-bond acceptors (Lipinski definition) is 4. The molecule has 1 aromatic carbocycles. The highest BCUT2D eigenvalue weighted by molar-refractivity contribution is 7.89. The average molecular weight is 309 g/mol. The molecule has 0 aliphatic carbocycles. The molecule has 0 amide bonds. The first-order valence-electron chi connectivity index (χ1n) is 6.44. The molecule has 0 bridgehead atoms. The first-order chi connectivity index (χ1) is 9.74. The van der Waals surface area contributed by atoms with Crippen LogP contribution in [0.15, 0.2) is 23.1 Å². The summed E-state index contributed by atoms with van der Waals surface area (Å²) in [7, 11) is -2.17. The van der Waals surface area contributed by atoms with Crippen molar-refractivity contribution in [3.63, 3.8) is 0 Å². The van der Waals surface area contributed by atoms with Gasteiger partial charge in [0.05, 0.1) is 25.0 Å². The molecule has 114 valence electrons. The number of sulfonamides is 1. The molecule has 7 heteroatoms. The smallest absolute Gasteiger partial charge is 0.241 e. The molecule has 21 heavy (non-hydrogen) atoms. The molecule has 0 radical (unpaired) electrons. The van der Waals surface area contributed by atoms with Gasteiger partial charge in [0.1, 0.15) is 10.6 Å². The lowest BCUT2D eigenvalue weighted by Crippen LogP contribution is -2.14. The van der Waals surface area contributed by atoms with Crippen LogP contribution in [0.3, 0.4) is 0 Å². The van der Waals surface area contributed by atoms with Crippen molar-refractivity contribution in [2.24, 2.45) is 5.14 Å². The highest BCUT2D eigenvalue weighted by Gasteiger charge is 2.21. The van der Waals surface area contributed by atoms with Gasteiger partial charge < -0.3 is 4.74 Å². The van der Waals surface area contributed by atoms with Gasteiger partial charge in [-0.1, -0.05) is 17.7 Å². The van der Waals surface area contributed by atoms with E-state index in [1.165, 1.54) is 0 Å².